The summed E-state index contributed by atoms with van der Waals surface area (Å²) in [6, 6.07) is 9.95. The van der Waals surface area contributed by atoms with E-state index in [-0.39, 0.29) is 0 Å². The van der Waals surface area contributed by atoms with E-state index in [1.54, 1.807) is 6.21 Å². The second kappa shape index (κ2) is 4.87. The van der Waals surface area contributed by atoms with Gasteiger partial charge in [-0.2, -0.15) is 5.10 Å². The first-order chi connectivity index (χ1) is 8.15. The predicted molar refractivity (Wildman–Crippen MR) is 70.6 cm³/mol. The summed E-state index contributed by atoms with van der Waals surface area (Å²) >= 11 is 0. The first kappa shape index (κ1) is 11.5. The maximum absolute atomic E-state index is 5.37. The number of hydrogen-bond donors (Lipinski definition) is 1. The Kier molecular flexibility index (Phi) is 3.28. The van der Waals surface area contributed by atoms with Gasteiger partial charge in [0.15, 0.2) is 0 Å². The lowest BCUT2D eigenvalue weighted by atomic mass is 10.1. The lowest BCUT2D eigenvalue weighted by Gasteiger charge is -2.03. The van der Waals surface area contributed by atoms with Crippen molar-refractivity contribution >= 4 is 11.9 Å². The molecule has 1 aromatic carbocycles. The predicted octanol–water partition coefficient (Wildman–Crippen LogP) is 3.65. The summed E-state index contributed by atoms with van der Waals surface area (Å²) in [5.74, 6) is 1.64. The first-order valence-electron chi connectivity index (χ1n) is 5.58. The Hall–Kier alpha value is -2.03. The van der Waals surface area contributed by atoms with Crippen molar-refractivity contribution in [2.24, 2.45) is 5.10 Å². The number of benzene rings is 1. The summed E-state index contributed by atoms with van der Waals surface area (Å²) in [6.45, 7) is 6.09. The van der Waals surface area contributed by atoms with Crippen molar-refractivity contribution in [3.8, 4) is 0 Å². The topological polar surface area (TPSA) is 37.5 Å². The molecule has 2 aromatic rings. The minimum atomic E-state index is 0.749. The van der Waals surface area contributed by atoms with Gasteiger partial charge >= 0.3 is 0 Å². The summed E-state index contributed by atoms with van der Waals surface area (Å²) in [5, 5.41) is 4.13. The van der Waals surface area contributed by atoms with Gasteiger partial charge in [-0.15, -0.1) is 0 Å². The number of hydrazone groups is 1. The molecule has 88 valence electrons. The quantitative estimate of drug-likeness (QED) is 0.643. The molecule has 0 aliphatic heterocycles. The molecule has 2 rings (SSSR count). The molecule has 1 aromatic heterocycles. The molecule has 0 radical (unpaired) electrons. The smallest absolute Gasteiger partial charge is 0.147 e. The van der Waals surface area contributed by atoms with Crippen molar-refractivity contribution < 1.29 is 4.42 Å². The molecule has 17 heavy (non-hydrogen) atoms. The van der Waals surface area contributed by atoms with E-state index in [1.807, 2.05) is 25.1 Å². The fraction of sp³-hybridized carbons (Fsp3) is 0.214. The van der Waals surface area contributed by atoms with Crippen LogP contribution >= 0.6 is 0 Å². The van der Waals surface area contributed by atoms with Gasteiger partial charge in [0.1, 0.15) is 11.5 Å². The highest BCUT2D eigenvalue weighted by Gasteiger charge is 1.95. The average Bonchev–Trinajstić information content (AvgIpc) is 2.70. The maximum atomic E-state index is 5.37. The summed E-state index contributed by atoms with van der Waals surface area (Å²) in [4.78, 5) is 0. The van der Waals surface area contributed by atoms with Crippen LogP contribution in [0.1, 0.15) is 22.6 Å². The van der Waals surface area contributed by atoms with Crippen LogP contribution in [0.4, 0.5) is 5.69 Å². The van der Waals surface area contributed by atoms with Crippen LogP contribution in [-0.4, -0.2) is 6.21 Å². The number of furan rings is 1. The monoisotopic (exact) mass is 228 g/mol. The maximum Gasteiger partial charge on any atom is 0.147 e. The lowest BCUT2D eigenvalue weighted by Crippen LogP contribution is -1.91. The minimum absolute atomic E-state index is 0.749. The van der Waals surface area contributed by atoms with Gasteiger partial charge in [0.05, 0.1) is 11.9 Å². The largest absolute Gasteiger partial charge is 0.460 e. The van der Waals surface area contributed by atoms with E-state index in [9.17, 15) is 0 Å². The number of aryl methyl sites for hydroxylation is 3. The zero-order valence-corrected chi connectivity index (χ0v) is 10.3. The third-order valence-electron chi connectivity index (χ3n) is 2.65. The van der Waals surface area contributed by atoms with Crippen LogP contribution in [0.3, 0.4) is 0 Å². The zero-order valence-electron chi connectivity index (χ0n) is 10.3. The Morgan fingerprint density at radius 3 is 2.53 bits per heavy atom. The Bertz CT molecular complexity index is 541. The molecule has 0 fully saturated rings. The molecule has 1 heterocycles. The van der Waals surface area contributed by atoms with E-state index in [0.717, 1.165) is 17.2 Å². The molecular weight excluding hydrogens is 212 g/mol. The highest BCUT2D eigenvalue weighted by Crippen LogP contribution is 2.14. The molecule has 0 saturated heterocycles. The van der Waals surface area contributed by atoms with Crippen LogP contribution in [0, 0.1) is 20.8 Å². The van der Waals surface area contributed by atoms with Gasteiger partial charge in [0, 0.05) is 0 Å². The van der Waals surface area contributed by atoms with Gasteiger partial charge in [-0.1, -0.05) is 6.07 Å². The normalized spacial score (nSPS) is 11.0. The molecule has 1 N–H and O–H groups in total. The third kappa shape index (κ3) is 2.97. The molecular formula is C14H16N2O. The lowest BCUT2D eigenvalue weighted by molar-refractivity contribution is 0.528. The van der Waals surface area contributed by atoms with Gasteiger partial charge < -0.3 is 4.42 Å². The van der Waals surface area contributed by atoms with E-state index >= 15 is 0 Å². The first-order valence-corrected chi connectivity index (χ1v) is 5.58. The third-order valence-corrected chi connectivity index (χ3v) is 2.65. The van der Waals surface area contributed by atoms with E-state index in [2.05, 4.69) is 36.5 Å². The van der Waals surface area contributed by atoms with Crippen molar-refractivity contribution in [1.29, 1.82) is 0 Å². The molecule has 0 bridgehead atoms. The van der Waals surface area contributed by atoms with Crippen molar-refractivity contribution in [2.45, 2.75) is 20.8 Å². The Labute approximate surface area is 101 Å². The summed E-state index contributed by atoms with van der Waals surface area (Å²) in [6.07, 6.45) is 1.67. The summed E-state index contributed by atoms with van der Waals surface area (Å²) in [5.41, 5.74) is 6.49. The standard InChI is InChI=1S/C14H16N2O/c1-10-4-6-13(8-11(10)2)16-15-9-14-7-5-12(3)17-14/h4-9,16H,1-3H3/b15-9+. The SMILES string of the molecule is Cc1ccc(/C=N/Nc2ccc(C)c(C)c2)o1. The summed E-state index contributed by atoms with van der Waals surface area (Å²) in [7, 11) is 0. The van der Waals surface area contributed by atoms with E-state index < -0.39 is 0 Å². The van der Waals surface area contributed by atoms with Crippen LogP contribution in [0.15, 0.2) is 39.9 Å². The average molecular weight is 228 g/mol. The second-order valence-electron chi connectivity index (χ2n) is 4.12. The summed E-state index contributed by atoms with van der Waals surface area (Å²) < 4.78 is 5.37. The van der Waals surface area contributed by atoms with Gasteiger partial charge in [-0.25, -0.2) is 0 Å². The fourth-order valence-corrected chi connectivity index (χ4v) is 1.50. The number of nitrogens with zero attached hydrogens (tertiary/aromatic N) is 1. The van der Waals surface area contributed by atoms with Gasteiger partial charge in [0.2, 0.25) is 0 Å². The molecule has 0 spiro atoms. The molecule has 0 amide bonds. The minimum Gasteiger partial charge on any atom is -0.460 e. The molecule has 3 heteroatoms. The Morgan fingerprint density at radius 2 is 1.88 bits per heavy atom. The number of anilines is 1. The van der Waals surface area contributed by atoms with Gasteiger partial charge in [0.25, 0.3) is 0 Å². The molecule has 0 unspecified atom stereocenters. The Balaban J connectivity index is 2.02. The van der Waals surface area contributed by atoms with E-state index in [0.29, 0.717) is 0 Å². The van der Waals surface area contributed by atoms with Crippen LogP contribution in [0.5, 0.6) is 0 Å². The van der Waals surface area contributed by atoms with Crippen LogP contribution in [0.25, 0.3) is 0 Å². The second-order valence-corrected chi connectivity index (χ2v) is 4.12. The van der Waals surface area contributed by atoms with Crippen molar-refractivity contribution in [2.75, 3.05) is 5.43 Å². The molecule has 0 atom stereocenters. The molecule has 0 aliphatic carbocycles. The molecule has 0 saturated carbocycles. The number of hydrogen-bond acceptors (Lipinski definition) is 3. The van der Waals surface area contributed by atoms with Gasteiger partial charge in [-0.3, -0.25) is 5.43 Å². The highest BCUT2D eigenvalue weighted by molar-refractivity contribution is 5.76. The van der Waals surface area contributed by atoms with Crippen LogP contribution in [-0.2, 0) is 0 Å². The zero-order chi connectivity index (χ0) is 12.3. The van der Waals surface area contributed by atoms with Gasteiger partial charge in [-0.05, 0) is 56.2 Å². The van der Waals surface area contributed by atoms with Crippen LogP contribution < -0.4 is 5.43 Å². The fourth-order valence-electron chi connectivity index (χ4n) is 1.50. The van der Waals surface area contributed by atoms with Crippen molar-refractivity contribution in [3.05, 3.63) is 53.0 Å². The molecule has 0 aliphatic rings. The van der Waals surface area contributed by atoms with Crippen molar-refractivity contribution in [1.82, 2.24) is 0 Å². The number of nitrogens with one attached hydrogen (secondary N) is 1. The Morgan fingerprint density at radius 1 is 1.06 bits per heavy atom. The van der Waals surface area contributed by atoms with Crippen LogP contribution in [0.2, 0.25) is 0 Å². The highest BCUT2D eigenvalue weighted by atomic mass is 16.3. The van der Waals surface area contributed by atoms with Crippen molar-refractivity contribution in [3.63, 3.8) is 0 Å². The number of rotatable bonds is 3. The van der Waals surface area contributed by atoms with E-state index in [4.69, 9.17) is 4.42 Å². The van der Waals surface area contributed by atoms with E-state index in [1.165, 1.54) is 11.1 Å². The molecule has 3 nitrogen and oxygen atoms in total.